The van der Waals surface area contributed by atoms with Crippen molar-refractivity contribution in [2.75, 3.05) is 0 Å². The molecule has 0 amide bonds. The second-order valence-electron chi connectivity index (χ2n) is 19.9. The molecule has 0 bridgehead atoms. The van der Waals surface area contributed by atoms with Gasteiger partial charge in [0.15, 0.2) is 0 Å². The molecule has 60 radical (unpaired) electrons. The monoisotopic (exact) mass is 946 g/mol. The first-order valence-electron chi connectivity index (χ1n) is 23.8. The van der Waals surface area contributed by atoms with Crippen LogP contribution in [0.25, 0.3) is 109 Å². The Balaban J connectivity index is 1.44. The lowest BCUT2D eigenvalue weighted by molar-refractivity contribution is 0.675. The van der Waals surface area contributed by atoms with Crippen LogP contribution in [-0.2, 0) is 0 Å². The van der Waals surface area contributed by atoms with E-state index < -0.39 is 0 Å². The average Bonchev–Trinajstić information content (AvgIpc) is 4.10. The van der Waals surface area contributed by atoms with Crippen molar-refractivity contribution in [3.05, 3.63) is 0 Å². The van der Waals surface area contributed by atoms with Crippen LogP contribution in [0.4, 0.5) is 0 Å². The molecule has 296 valence electrons. The predicted octanol–water partition coefficient (Wildman–Crippen LogP) is -21.8. The molecule has 1 heterocycles. The largest absolute Gasteiger partial charge is 0.457 e. The van der Waals surface area contributed by atoms with Crippen molar-refractivity contribution >= 4 is 475 Å². The van der Waals surface area contributed by atoms with E-state index in [2.05, 4.69) is 0 Å². The van der Waals surface area contributed by atoms with Crippen LogP contribution in [0, 0.1) is 0 Å². The van der Waals surface area contributed by atoms with Crippen LogP contribution in [0.5, 0.6) is 0 Å². The highest BCUT2D eigenvalue weighted by atomic mass is 16.3. The highest BCUT2D eigenvalue weighted by Gasteiger charge is 2.33. The van der Waals surface area contributed by atoms with Gasteiger partial charge in [0.05, 0.1) is 0 Å². The Labute approximate surface area is 509 Å². The third-order valence-corrected chi connectivity index (χ3v) is 16.0. The number of furan rings is 1. The zero-order valence-electron chi connectivity index (χ0n) is 42.7. The van der Waals surface area contributed by atoms with Crippen molar-refractivity contribution in [1.82, 2.24) is 0 Å². The summed E-state index contributed by atoms with van der Waals surface area (Å²) in [5.74, 6) is 0. The van der Waals surface area contributed by atoms with Gasteiger partial charge in [-0.2, -0.15) is 0 Å². The Hall–Kier alpha value is -4.75. The van der Waals surface area contributed by atoms with Crippen LogP contribution in [0.1, 0.15) is 0 Å². The number of rotatable bonds is 3. The van der Waals surface area contributed by atoms with E-state index in [1.165, 1.54) is 0 Å². The molecule has 0 atom stereocenters. The van der Waals surface area contributed by atoms with Crippen molar-refractivity contribution in [2.24, 2.45) is 0 Å². The molecule has 0 saturated carbocycles. The maximum absolute atomic E-state index is 7.46. The SMILES string of the molecule is [B]c1c(-c2c3c([B])c([B])c([B])c([B])c3c(-c3c([B])c([B])c(-c4c([B])c([B])c([B])c5c([B])c([B])c([B])c([B])c45)c4c([B])c([B])c([B])c([B])c34)c3c([B])c([B])c([B])c([B])c23)c([B])c2c(oc3c([B])c4c([B])c([B])c([B])c([B])c4c([B])c32)c1[B]. The first-order chi connectivity index (χ1) is 37.8. The van der Waals surface area contributed by atoms with Crippen LogP contribution < -0.4 is 164 Å². The fourth-order valence-corrected chi connectivity index (χ4v) is 11.8. The standard InChI is InChI=1S/C50B30O/c51-19-13(35(67)48(80)50-18(19)17-20(52)15-16(36(68)49(17)81-50)34(66)47(79)46(78)33(15)65)2-6-3(23(55)38(70)40(72)25(6)57)1(4-7(2)26(58)41(73)39(71)24(4)56)5-8-10(29(61)43(75)42(74)28(8)60)9(22(54)21(5)53)11-12-14(31(63)37(69)27(11)59)32(64)45(77)44(76)30(12)62. The summed E-state index contributed by atoms with van der Waals surface area (Å²) in [6, 6.07) is 0. The topological polar surface area (TPSA) is 13.1 Å². The summed E-state index contributed by atoms with van der Waals surface area (Å²) in [7, 11) is 206. The number of hydrogen-bond donors (Lipinski definition) is 0. The second kappa shape index (κ2) is 19.4. The molecule has 81 heavy (non-hydrogen) atoms. The first kappa shape index (κ1) is 58.0. The van der Waals surface area contributed by atoms with Crippen LogP contribution in [0.3, 0.4) is 0 Å². The lowest BCUT2D eigenvalue weighted by atomic mass is 9.55. The molecule has 10 aromatic carbocycles. The minimum Gasteiger partial charge on any atom is -0.457 e. The quantitative estimate of drug-likeness (QED) is 0.127. The Morgan fingerprint density at radius 3 is 0.630 bits per heavy atom. The smallest absolute Gasteiger partial charge is 0.128 e. The van der Waals surface area contributed by atoms with Crippen LogP contribution in [-0.4, -0.2) is 235 Å². The van der Waals surface area contributed by atoms with Crippen molar-refractivity contribution in [2.45, 2.75) is 0 Å². The van der Waals surface area contributed by atoms with Crippen molar-refractivity contribution in [3.8, 4) is 33.4 Å². The first-order valence-corrected chi connectivity index (χ1v) is 23.8. The van der Waals surface area contributed by atoms with Gasteiger partial charge in [0, 0.05) is 10.8 Å². The van der Waals surface area contributed by atoms with Gasteiger partial charge in [0.1, 0.15) is 247 Å². The fraction of sp³-hybridized carbons (Fsp3) is 0. The van der Waals surface area contributed by atoms with E-state index in [9.17, 15) is 0 Å². The third kappa shape index (κ3) is 7.30. The summed E-state index contributed by atoms with van der Waals surface area (Å²) >= 11 is 0. The second-order valence-corrected chi connectivity index (χ2v) is 19.9. The van der Waals surface area contributed by atoms with Crippen molar-refractivity contribution < 1.29 is 4.42 Å². The third-order valence-electron chi connectivity index (χ3n) is 16.0. The van der Waals surface area contributed by atoms with Gasteiger partial charge < -0.3 is 4.42 Å². The maximum atomic E-state index is 7.46. The molecule has 0 fully saturated rings. The number of fused-ring (bicyclic) bond motifs is 8. The molecular formula is C50B30O. The van der Waals surface area contributed by atoms with Crippen molar-refractivity contribution in [3.63, 3.8) is 0 Å². The van der Waals surface area contributed by atoms with E-state index in [1.54, 1.807) is 0 Å². The Bertz CT molecular complexity index is 4840. The van der Waals surface area contributed by atoms with Crippen LogP contribution in [0.2, 0.25) is 0 Å². The van der Waals surface area contributed by atoms with Gasteiger partial charge in [-0.25, -0.2) is 0 Å². The summed E-state index contributed by atoms with van der Waals surface area (Å²) in [5, 5.41) is 0.0805. The summed E-state index contributed by atoms with van der Waals surface area (Å²) in [5.41, 5.74) is -5.89. The highest BCUT2D eigenvalue weighted by molar-refractivity contribution is 6.78. The molecule has 0 aliphatic heterocycles. The number of benzene rings is 10. The van der Waals surface area contributed by atoms with Crippen molar-refractivity contribution in [1.29, 1.82) is 0 Å². The van der Waals surface area contributed by atoms with E-state index in [0.29, 0.717) is 0 Å². The minimum atomic E-state index is -0.306. The molecule has 1 aromatic heterocycles. The minimum absolute atomic E-state index is 0.0315. The number of hydrogen-bond acceptors (Lipinski definition) is 1. The van der Waals surface area contributed by atoms with E-state index in [4.69, 9.17) is 240 Å². The molecule has 31 heteroatoms. The molecule has 1 nitrogen and oxygen atoms in total. The molecule has 0 N–H and O–H groups in total. The van der Waals surface area contributed by atoms with E-state index in [-0.39, 0.29) is 273 Å². The lowest BCUT2D eigenvalue weighted by Crippen LogP contribution is -2.53. The molecule has 11 rings (SSSR count). The van der Waals surface area contributed by atoms with E-state index >= 15 is 0 Å². The van der Waals surface area contributed by atoms with Gasteiger partial charge in [-0.15, -0.1) is 60.1 Å². The van der Waals surface area contributed by atoms with Gasteiger partial charge in [0.2, 0.25) is 0 Å². The van der Waals surface area contributed by atoms with Crippen LogP contribution in [0.15, 0.2) is 4.42 Å². The summed E-state index contributed by atoms with van der Waals surface area (Å²) < 4.78 is 6.41. The zero-order valence-corrected chi connectivity index (χ0v) is 42.7. The molecule has 0 spiro atoms. The summed E-state index contributed by atoms with van der Waals surface area (Å²) in [4.78, 5) is 0. The van der Waals surface area contributed by atoms with Gasteiger partial charge >= 0.3 is 0 Å². The van der Waals surface area contributed by atoms with Crippen LogP contribution >= 0.6 is 0 Å². The summed E-state index contributed by atoms with van der Waals surface area (Å²) in [6.07, 6.45) is 0. The Morgan fingerprint density at radius 2 is 0.296 bits per heavy atom. The van der Waals surface area contributed by atoms with Gasteiger partial charge in [-0.1, -0.05) is 98.3 Å². The molecule has 0 aliphatic carbocycles. The zero-order chi connectivity index (χ0) is 59.6. The predicted molar refractivity (Wildman–Crippen MR) is 379 cm³/mol. The molecule has 11 aromatic rings. The highest BCUT2D eigenvalue weighted by Crippen LogP contribution is 2.43. The molecular weight excluding hydrogens is 941 g/mol. The van der Waals surface area contributed by atoms with E-state index in [1.807, 2.05) is 0 Å². The average molecular weight is 941 g/mol. The maximum Gasteiger partial charge on any atom is 0.128 e. The van der Waals surface area contributed by atoms with E-state index in [0.717, 1.165) is 0 Å². The Morgan fingerprint density at radius 1 is 0.111 bits per heavy atom. The summed E-state index contributed by atoms with van der Waals surface area (Å²) in [6.45, 7) is 0. The lowest BCUT2D eigenvalue weighted by Gasteiger charge is -2.33. The fourth-order valence-electron chi connectivity index (χ4n) is 11.8. The van der Waals surface area contributed by atoms with Gasteiger partial charge in [-0.3, -0.25) is 0 Å². The molecule has 0 aliphatic rings. The molecule has 0 unspecified atom stereocenters. The van der Waals surface area contributed by atoms with Gasteiger partial charge in [-0.05, 0) is 92.7 Å². The van der Waals surface area contributed by atoms with Gasteiger partial charge in [0.25, 0.3) is 0 Å². The Kier molecular flexibility index (Phi) is 13.9. The normalized spacial score (nSPS) is 12.0. The molecule has 0 saturated heterocycles.